The molecule has 0 fully saturated rings. The van der Waals surface area contributed by atoms with Crippen molar-refractivity contribution in [3.8, 4) is 6.01 Å². The summed E-state index contributed by atoms with van der Waals surface area (Å²) in [6.45, 7) is 1.37. The molecule has 7 nitrogen and oxygen atoms in total. The Hall–Kier alpha value is -3.52. The standard InChI is InChI=1S/C24H18BrN3O4/c1-12(29)32-21-16-7-5-4-6-15(16)20-18(21)17(13-8-10-14(25)11-9-13)19-22(26-20)27(2)24(31)28(3)23(19)30/h4-11,17H,1-3H3/p+2. The van der Waals surface area contributed by atoms with Crippen LogP contribution in [-0.4, -0.2) is 21.4 Å². The first-order valence-corrected chi connectivity index (χ1v) is 10.8. The fourth-order valence-corrected chi connectivity index (χ4v) is 4.77. The number of hydrogen-bond acceptors (Lipinski definition) is 4. The van der Waals surface area contributed by atoms with Gasteiger partial charge in [0.2, 0.25) is 5.71 Å². The molecule has 8 heteroatoms. The lowest BCUT2D eigenvalue weighted by molar-refractivity contribution is -0.723. The SMILES string of the molecule is CC(=O)OC1=C2C(=[NH+]c3c(c(=O)n(C)c(O)[n+]3C)C2c2ccc(Br)cc2)c2ccccc21. The molecular weight excluding hydrogens is 474 g/mol. The number of rotatable bonds is 2. The van der Waals surface area contributed by atoms with Gasteiger partial charge in [0.15, 0.2) is 12.6 Å². The smallest absolute Gasteiger partial charge is 0.445 e. The summed E-state index contributed by atoms with van der Waals surface area (Å²) in [5.74, 6) is -0.0160. The van der Waals surface area contributed by atoms with Gasteiger partial charge in [-0.05, 0) is 23.8 Å². The maximum Gasteiger partial charge on any atom is 0.462 e. The van der Waals surface area contributed by atoms with Gasteiger partial charge in [-0.3, -0.25) is 9.59 Å². The lowest BCUT2D eigenvalue weighted by atomic mass is 9.81. The van der Waals surface area contributed by atoms with Crippen LogP contribution in [0.3, 0.4) is 0 Å². The summed E-state index contributed by atoms with van der Waals surface area (Å²) in [7, 11) is 3.23. The topological polar surface area (TPSA) is 86.4 Å². The third-order valence-electron chi connectivity index (χ3n) is 5.95. The van der Waals surface area contributed by atoms with Crippen molar-refractivity contribution in [3.05, 3.63) is 91.2 Å². The second-order valence-corrected chi connectivity index (χ2v) is 8.77. The number of benzene rings is 2. The molecule has 1 aliphatic heterocycles. The van der Waals surface area contributed by atoms with Crippen LogP contribution in [0.25, 0.3) is 5.76 Å². The van der Waals surface area contributed by atoms with Crippen LogP contribution in [-0.2, 0) is 23.6 Å². The quantitative estimate of drug-likeness (QED) is 0.416. The minimum absolute atomic E-state index is 0.171. The molecule has 2 aromatic carbocycles. The number of aromatic nitrogens is 2. The highest BCUT2D eigenvalue weighted by molar-refractivity contribution is 9.10. The van der Waals surface area contributed by atoms with Crippen molar-refractivity contribution < 1.29 is 24.2 Å². The third-order valence-corrected chi connectivity index (χ3v) is 6.48. The molecule has 1 aromatic heterocycles. The van der Waals surface area contributed by atoms with Crippen LogP contribution in [0.1, 0.15) is 35.1 Å². The van der Waals surface area contributed by atoms with Crippen molar-refractivity contribution in [2.75, 3.05) is 0 Å². The van der Waals surface area contributed by atoms with E-state index in [1.165, 1.54) is 18.5 Å². The van der Waals surface area contributed by atoms with Crippen molar-refractivity contribution in [2.24, 2.45) is 14.1 Å². The molecule has 1 unspecified atom stereocenters. The van der Waals surface area contributed by atoms with E-state index in [0.717, 1.165) is 32.4 Å². The number of carbonyl (C=O) groups excluding carboxylic acids is 1. The Kier molecular flexibility index (Phi) is 4.63. The summed E-state index contributed by atoms with van der Waals surface area (Å²) in [4.78, 5) is 28.8. The maximum atomic E-state index is 13.4. The Labute approximate surface area is 192 Å². The number of allylic oxidation sites excluding steroid dienone is 1. The van der Waals surface area contributed by atoms with Crippen molar-refractivity contribution in [3.63, 3.8) is 0 Å². The first-order chi connectivity index (χ1) is 15.3. The van der Waals surface area contributed by atoms with E-state index in [-0.39, 0.29) is 11.6 Å². The zero-order valence-corrected chi connectivity index (χ0v) is 19.2. The van der Waals surface area contributed by atoms with Gasteiger partial charge in [0.1, 0.15) is 5.76 Å². The van der Waals surface area contributed by atoms with E-state index in [2.05, 4.69) is 20.9 Å². The fourth-order valence-electron chi connectivity index (χ4n) is 4.51. The molecule has 32 heavy (non-hydrogen) atoms. The predicted octanol–water partition coefficient (Wildman–Crippen LogP) is 1.31. The maximum absolute atomic E-state index is 13.4. The highest BCUT2D eigenvalue weighted by Crippen LogP contribution is 2.44. The molecule has 0 spiro atoms. The number of nitrogens with one attached hydrogen (secondary N) is 1. The summed E-state index contributed by atoms with van der Waals surface area (Å²) in [5.41, 5.74) is 4.11. The Balaban J connectivity index is 1.94. The molecule has 0 saturated carbocycles. The van der Waals surface area contributed by atoms with Gasteiger partial charge in [-0.25, -0.2) is 4.57 Å². The van der Waals surface area contributed by atoms with Crippen LogP contribution in [0.4, 0.5) is 5.82 Å². The molecule has 2 aliphatic rings. The average Bonchev–Trinajstić information content (AvgIpc) is 3.08. The van der Waals surface area contributed by atoms with Crippen molar-refractivity contribution in [1.29, 1.82) is 0 Å². The summed E-state index contributed by atoms with van der Waals surface area (Å²) < 4.78 is 9.41. The van der Waals surface area contributed by atoms with Crippen LogP contribution >= 0.6 is 15.9 Å². The number of aromatic hydroxyl groups is 1. The zero-order valence-electron chi connectivity index (χ0n) is 17.6. The monoisotopic (exact) mass is 493 g/mol. The molecule has 3 aromatic rings. The van der Waals surface area contributed by atoms with E-state index in [1.54, 1.807) is 11.6 Å². The van der Waals surface area contributed by atoms with Gasteiger partial charge in [-0.1, -0.05) is 50.8 Å². The highest BCUT2D eigenvalue weighted by Gasteiger charge is 2.49. The summed E-state index contributed by atoms with van der Waals surface area (Å²) in [6, 6.07) is 15.2. The Morgan fingerprint density at radius 2 is 1.81 bits per heavy atom. The van der Waals surface area contributed by atoms with Crippen LogP contribution in [0.5, 0.6) is 6.01 Å². The number of nitrogens with zero attached hydrogens (tertiary/aromatic N) is 2. The Morgan fingerprint density at radius 1 is 1.16 bits per heavy atom. The summed E-state index contributed by atoms with van der Waals surface area (Å²) in [6.07, 6.45) is 0. The van der Waals surface area contributed by atoms with Gasteiger partial charge in [0, 0.05) is 24.0 Å². The van der Waals surface area contributed by atoms with E-state index in [1.807, 2.05) is 48.5 Å². The molecule has 0 amide bonds. The fraction of sp³-hybridized carbons (Fsp3) is 0.167. The lowest BCUT2D eigenvalue weighted by Crippen LogP contribution is -2.75. The summed E-state index contributed by atoms with van der Waals surface area (Å²) in [5, 5.41) is 10.5. The van der Waals surface area contributed by atoms with Gasteiger partial charge in [-0.2, -0.15) is 0 Å². The van der Waals surface area contributed by atoms with Gasteiger partial charge in [-0.15, -0.1) is 4.99 Å². The molecular formula is C24H20BrN3O4+2. The van der Waals surface area contributed by atoms with Crippen molar-refractivity contribution in [1.82, 2.24) is 4.57 Å². The Bertz CT molecular complexity index is 1430. The van der Waals surface area contributed by atoms with Crippen molar-refractivity contribution in [2.45, 2.75) is 12.8 Å². The van der Waals surface area contributed by atoms with Gasteiger partial charge < -0.3 is 9.84 Å². The number of halogens is 1. The van der Waals surface area contributed by atoms with Crippen molar-refractivity contribution >= 4 is 39.2 Å². The first-order valence-electron chi connectivity index (χ1n) is 10.0. The predicted molar refractivity (Wildman–Crippen MR) is 120 cm³/mol. The number of carbonyl (C=O) groups is 1. The second kappa shape index (κ2) is 7.27. The Morgan fingerprint density at radius 3 is 2.47 bits per heavy atom. The molecule has 2 heterocycles. The minimum Gasteiger partial charge on any atom is -0.445 e. The van der Waals surface area contributed by atoms with Crippen LogP contribution < -0.4 is 15.1 Å². The molecule has 0 saturated heterocycles. The first kappa shape index (κ1) is 20.4. The highest BCUT2D eigenvalue weighted by atomic mass is 79.9. The average molecular weight is 494 g/mol. The molecule has 160 valence electrons. The van der Waals surface area contributed by atoms with Gasteiger partial charge in [0.25, 0.3) is 5.56 Å². The van der Waals surface area contributed by atoms with E-state index < -0.39 is 11.9 Å². The zero-order chi connectivity index (χ0) is 22.7. The molecule has 0 bridgehead atoms. The third kappa shape index (κ3) is 2.86. The summed E-state index contributed by atoms with van der Waals surface area (Å²) >= 11 is 3.47. The van der Waals surface area contributed by atoms with Crippen LogP contribution in [0, 0.1) is 0 Å². The number of ether oxygens (including phenoxy) is 1. The van der Waals surface area contributed by atoms with E-state index >= 15 is 0 Å². The normalized spacial score (nSPS) is 16.2. The van der Waals surface area contributed by atoms with E-state index in [0.29, 0.717) is 17.1 Å². The number of hydrogen-bond donors (Lipinski definition) is 2. The largest absolute Gasteiger partial charge is 0.462 e. The molecule has 1 atom stereocenters. The molecule has 0 radical (unpaired) electrons. The minimum atomic E-state index is -0.512. The lowest BCUT2D eigenvalue weighted by Gasteiger charge is -2.21. The molecule has 5 rings (SSSR count). The number of fused-ring (bicyclic) bond motifs is 4. The van der Waals surface area contributed by atoms with Crippen LogP contribution in [0.15, 0.2) is 63.4 Å². The van der Waals surface area contributed by atoms with Crippen LogP contribution in [0.2, 0.25) is 0 Å². The van der Waals surface area contributed by atoms with E-state index in [4.69, 9.17) is 4.74 Å². The second-order valence-electron chi connectivity index (χ2n) is 7.85. The molecule has 2 N–H and O–H groups in total. The molecule has 1 aliphatic carbocycles. The van der Waals surface area contributed by atoms with Gasteiger partial charge >= 0.3 is 17.8 Å². The van der Waals surface area contributed by atoms with E-state index in [9.17, 15) is 14.7 Å². The van der Waals surface area contributed by atoms with Gasteiger partial charge in [0.05, 0.1) is 17.1 Å². The number of esters is 1.